The van der Waals surface area contributed by atoms with Crippen LogP contribution >= 0.6 is 0 Å². The molecule has 3 heterocycles. The molecule has 0 aliphatic carbocycles. The maximum atomic E-state index is 14.0. The number of anilines is 2. The van der Waals surface area contributed by atoms with Crippen LogP contribution in [0, 0.1) is 5.82 Å². The van der Waals surface area contributed by atoms with Gasteiger partial charge in [0.15, 0.2) is 11.5 Å². The highest BCUT2D eigenvalue weighted by atomic mass is 19.1. The minimum absolute atomic E-state index is 0.0793. The smallest absolute Gasteiger partial charge is 0.335 e. The normalized spacial score (nSPS) is 10.8. The van der Waals surface area contributed by atoms with Crippen LogP contribution in [0.3, 0.4) is 0 Å². The molecule has 0 atom stereocenters. The number of hydrogen-bond donors (Lipinski definition) is 2. The monoisotopic (exact) mass is 379 g/mol. The van der Waals surface area contributed by atoms with E-state index in [4.69, 9.17) is 9.84 Å². The summed E-state index contributed by atoms with van der Waals surface area (Å²) < 4.78 is 20.4. The van der Waals surface area contributed by atoms with Crippen molar-refractivity contribution in [2.75, 3.05) is 12.4 Å². The molecule has 3 aromatic heterocycles. The zero-order chi connectivity index (χ0) is 19.7. The van der Waals surface area contributed by atoms with Gasteiger partial charge in [-0.15, -0.1) is 5.10 Å². The van der Waals surface area contributed by atoms with Crippen LogP contribution < -0.4 is 10.1 Å². The largest absolute Gasteiger partial charge is 0.479 e. The van der Waals surface area contributed by atoms with E-state index >= 15 is 0 Å². The molecule has 8 nitrogen and oxygen atoms in total. The van der Waals surface area contributed by atoms with E-state index < -0.39 is 11.8 Å². The fraction of sp³-hybridized carbons (Fsp3) is 0.0526. The number of rotatable bonds is 5. The summed E-state index contributed by atoms with van der Waals surface area (Å²) in [6, 6.07) is 11.1. The van der Waals surface area contributed by atoms with Gasteiger partial charge in [-0.1, -0.05) is 0 Å². The fourth-order valence-electron chi connectivity index (χ4n) is 2.73. The summed E-state index contributed by atoms with van der Waals surface area (Å²) in [4.78, 5) is 19.4. The Morgan fingerprint density at radius 1 is 1.25 bits per heavy atom. The number of halogens is 1. The van der Waals surface area contributed by atoms with Crippen molar-refractivity contribution in [2.24, 2.45) is 0 Å². The number of nitrogens with zero attached hydrogens (tertiary/aromatic N) is 4. The maximum absolute atomic E-state index is 14.0. The molecule has 4 rings (SSSR count). The Kier molecular flexibility index (Phi) is 4.32. The first-order valence-electron chi connectivity index (χ1n) is 8.21. The van der Waals surface area contributed by atoms with E-state index in [1.54, 1.807) is 35.0 Å². The van der Waals surface area contributed by atoms with Crippen molar-refractivity contribution in [3.63, 3.8) is 0 Å². The third-order valence-electron chi connectivity index (χ3n) is 4.06. The average molecular weight is 379 g/mol. The number of hydrogen-bond acceptors (Lipinski definition) is 6. The second-order valence-electron chi connectivity index (χ2n) is 5.85. The van der Waals surface area contributed by atoms with Crippen molar-refractivity contribution in [1.82, 2.24) is 19.6 Å². The Morgan fingerprint density at radius 3 is 2.71 bits per heavy atom. The van der Waals surface area contributed by atoms with Gasteiger partial charge >= 0.3 is 5.97 Å². The second kappa shape index (κ2) is 6.95. The van der Waals surface area contributed by atoms with Gasteiger partial charge in [-0.25, -0.2) is 18.7 Å². The zero-order valence-corrected chi connectivity index (χ0v) is 14.6. The Labute approximate surface area is 158 Å². The van der Waals surface area contributed by atoms with Gasteiger partial charge in [0.25, 0.3) is 0 Å². The minimum atomic E-state index is -0.998. The predicted octanol–water partition coefficient (Wildman–Crippen LogP) is 3.38. The molecule has 0 aliphatic heterocycles. The lowest BCUT2D eigenvalue weighted by Gasteiger charge is -2.05. The van der Waals surface area contributed by atoms with Crippen molar-refractivity contribution in [3.8, 4) is 17.0 Å². The standard InChI is InChI=1S/C19H14FN5O3/c1-28-17-15(20)9-12(10-21-17)14-3-2-8-25-16(14)23-19(24-25)22-13-6-4-11(5-7-13)18(26)27/h2-10H,1H3,(H,22,24)(H,26,27). The SMILES string of the molecule is COc1ncc(-c2cccn3nc(Nc4ccc(C(=O)O)cc4)nc23)cc1F. The number of carboxylic acid groups (broad SMARTS) is 1. The van der Waals surface area contributed by atoms with E-state index in [9.17, 15) is 9.18 Å². The first kappa shape index (κ1) is 17.4. The van der Waals surface area contributed by atoms with E-state index in [-0.39, 0.29) is 11.4 Å². The molecule has 0 aliphatic rings. The van der Waals surface area contributed by atoms with Gasteiger partial charge in [0, 0.05) is 29.2 Å². The number of fused-ring (bicyclic) bond motifs is 1. The summed E-state index contributed by atoms with van der Waals surface area (Å²) in [7, 11) is 1.35. The number of ether oxygens (including phenoxy) is 1. The quantitative estimate of drug-likeness (QED) is 0.548. The number of aromatic nitrogens is 4. The van der Waals surface area contributed by atoms with Gasteiger partial charge in [0.05, 0.1) is 12.7 Å². The highest BCUT2D eigenvalue weighted by Crippen LogP contribution is 2.27. The lowest BCUT2D eigenvalue weighted by molar-refractivity contribution is 0.0697. The van der Waals surface area contributed by atoms with Gasteiger partial charge in [0.2, 0.25) is 11.8 Å². The summed E-state index contributed by atoms with van der Waals surface area (Å²) in [5.41, 5.74) is 2.52. The van der Waals surface area contributed by atoms with E-state index in [0.717, 1.165) is 0 Å². The topological polar surface area (TPSA) is 102 Å². The van der Waals surface area contributed by atoms with Gasteiger partial charge in [-0.2, -0.15) is 4.98 Å². The van der Waals surface area contributed by atoms with Crippen molar-refractivity contribution in [1.29, 1.82) is 0 Å². The van der Waals surface area contributed by atoms with Crippen LogP contribution in [0.4, 0.5) is 16.0 Å². The Balaban J connectivity index is 1.69. The van der Waals surface area contributed by atoms with E-state index in [0.29, 0.717) is 28.4 Å². The molecule has 1 aromatic carbocycles. The molecule has 28 heavy (non-hydrogen) atoms. The van der Waals surface area contributed by atoms with Gasteiger partial charge < -0.3 is 15.2 Å². The van der Waals surface area contributed by atoms with Gasteiger partial charge in [-0.05, 0) is 42.5 Å². The Morgan fingerprint density at radius 2 is 2.04 bits per heavy atom. The van der Waals surface area contributed by atoms with Crippen LogP contribution in [-0.2, 0) is 0 Å². The molecule has 0 saturated carbocycles. The lowest BCUT2D eigenvalue weighted by Crippen LogP contribution is -1.97. The predicted molar refractivity (Wildman–Crippen MR) is 99.4 cm³/mol. The van der Waals surface area contributed by atoms with Gasteiger partial charge in [0.1, 0.15) is 0 Å². The molecule has 0 amide bonds. The third kappa shape index (κ3) is 3.20. The van der Waals surface area contributed by atoms with Crippen LogP contribution in [0.25, 0.3) is 16.8 Å². The molecule has 4 aromatic rings. The molecule has 0 spiro atoms. The van der Waals surface area contributed by atoms with E-state index in [1.807, 2.05) is 0 Å². The number of benzene rings is 1. The fourth-order valence-corrected chi connectivity index (χ4v) is 2.73. The Hall–Kier alpha value is -4.01. The molecular formula is C19H14FN5O3. The highest BCUT2D eigenvalue weighted by molar-refractivity contribution is 5.88. The van der Waals surface area contributed by atoms with Crippen LogP contribution in [-0.4, -0.2) is 37.8 Å². The zero-order valence-electron chi connectivity index (χ0n) is 14.6. The number of carbonyl (C=O) groups is 1. The molecule has 0 saturated heterocycles. The number of carboxylic acids is 1. The van der Waals surface area contributed by atoms with E-state index in [1.165, 1.54) is 31.5 Å². The first-order chi connectivity index (χ1) is 13.5. The summed E-state index contributed by atoms with van der Waals surface area (Å²) in [6.45, 7) is 0. The molecule has 0 radical (unpaired) electrons. The Bertz CT molecular complexity index is 1170. The minimum Gasteiger partial charge on any atom is -0.479 e. The molecule has 0 fully saturated rings. The molecule has 0 unspecified atom stereocenters. The van der Waals surface area contributed by atoms with Crippen LogP contribution in [0.15, 0.2) is 54.9 Å². The third-order valence-corrected chi connectivity index (χ3v) is 4.06. The molecular weight excluding hydrogens is 365 g/mol. The van der Waals surface area contributed by atoms with Crippen molar-refractivity contribution >= 4 is 23.3 Å². The lowest BCUT2D eigenvalue weighted by atomic mass is 10.1. The van der Waals surface area contributed by atoms with Crippen molar-refractivity contribution < 1.29 is 19.0 Å². The van der Waals surface area contributed by atoms with Crippen LogP contribution in [0.5, 0.6) is 5.88 Å². The van der Waals surface area contributed by atoms with Crippen molar-refractivity contribution in [3.05, 3.63) is 66.2 Å². The summed E-state index contributed by atoms with van der Waals surface area (Å²) in [6.07, 6.45) is 3.22. The first-order valence-corrected chi connectivity index (χ1v) is 8.21. The molecule has 0 bridgehead atoms. The number of aromatic carboxylic acids is 1. The summed E-state index contributed by atoms with van der Waals surface area (Å²) in [5.74, 6) is -1.33. The number of pyridine rings is 2. The maximum Gasteiger partial charge on any atom is 0.335 e. The van der Waals surface area contributed by atoms with Crippen molar-refractivity contribution in [2.45, 2.75) is 0 Å². The molecule has 2 N–H and O–H groups in total. The van der Waals surface area contributed by atoms with Crippen LogP contribution in [0.1, 0.15) is 10.4 Å². The average Bonchev–Trinajstić information content (AvgIpc) is 3.10. The number of methoxy groups -OCH3 is 1. The van der Waals surface area contributed by atoms with Crippen LogP contribution in [0.2, 0.25) is 0 Å². The summed E-state index contributed by atoms with van der Waals surface area (Å²) in [5, 5.41) is 16.3. The molecule has 140 valence electrons. The molecule has 9 heteroatoms. The second-order valence-corrected chi connectivity index (χ2v) is 5.85. The van der Waals surface area contributed by atoms with E-state index in [2.05, 4.69) is 20.4 Å². The van der Waals surface area contributed by atoms with Gasteiger partial charge in [-0.3, -0.25) is 0 Å². The summed E-state index contributed by atoms with van der Waals surface area (Å²) >= 11 is 0. The number of nitrogens with one attached hydrogen (secondary N) is 1. The highest BCUT2D eigenvalue weighted by Gasteiger charge is 2.13.